The molecule has 0 aromatic heterocycles. The summed E-state index contributed by atoms with van der Waals surface area (Å²) in [6.07, 6.45) is 2.53. The van der Waals surface area contributed by atoms with E-state index in [4.69, 9.17) is 5.73 Å². The summed E-state index contributed by atoms with van der Waals surface area (Å²) < 4.78 is 0. The Balaban J connectivity index is 1.49. The number of nitrogens with two attached hydrogens (primary N) is 1. The molecule has 5 N–H and O–H groups in total. The maximum absolute atomic E-state index is 13.4. The predicted octanol–water partition coefficient (Wildman–Crippen LogP) is 1.13. The molecule has 1 atom stereocenters. The van der Waals surface area contributed by atoms with Crippen molar-refractivity contribution in [2.45, 2.75) is 37.6 Å². The molecule has 4 rings (SSSR count). The first-order chi connectivity index (χ1) is 14.1. The van der Waals surface area contributed by atoms with Crippen LogP contribution in [0.4, 0.5) is 5.69 Å². The van der Waals surface area contributed by atoms with Crippen LogP contribution in [-0.2, 0) is 11.3 Å². The Labute approximate surface area is 171 Å². The first-order valence-electron chi connectivity index (χ1n) is 10.4. The highest BCUT2D eigenvalue weighted by Gasteiger charge is 2.35. The minimum Gasteiger partial charge on any atom is -0.423 e. The van der Waals surface area contributed by atoms with E-state index < -0.39 is 7.12 Å². The van der Waals surface area contributed by atoms with Crippen LogP contribution in [0.5, 0.6) is 0 Å². The van der Waals surface area contributed by atoms with Crippen LogP contribution in [0.15, 0.2) is 42.5 Å². The molecule has 0 saturated carbocycles. The largest absolute Gasteiger partial charge is 0.488 e. The summed E-state index contributed by atoms with van der Waals surface area (Å²) in [6, 6.07) is 13.8. The molecule has 2 aromatic carbocycles. The van der Waals surface area contributed by atoms with Gasteiger partial charge in [-0.05, 0) is 53.4 Å². The van der Waals surface area contributed by atoms with Gasteiger partial charge in [-0.25, -0.2) is 0 Å². The fourth-order valence-electron chi connectivity index (χ4n) is 4.72. The van der Waals surface area contributed by atoms with Crippen molar-refractivity contribution < 1.29 is 14.8 Å². The lowest BCUT2D eigenvalue weighted by Crippen LogP contribution is -2.45. The van der Waals surface area contributed by atoms with Crippen LogP contribution in [0.25, 0.3) is 0 Å². The van der Waals surface area contributed by atoms with Gasteiger partial charge in [-0.3, -0.25) is 4.79 Å². The molecular weight excluding hydrogens is 365 g/mol. The smallest absolute Gasteiger partial charge is 0.423 e. The molecule has 2 heterocycles. The molecule has 152 valence electrons. The number of amides is 1. The molecule has 0 spiro atoms. The minimum absolute atomic E-state index is 0.0926. The summed E-state index contributed by atoms with van der Waals surface area (Å²) in [7, 11) is -1.58. The van der Waals surface area contributed by atoms with Gasteiger partial charge < -0.3 is 26.0 Å². The third-order valence-corrected chi connectivity index (χ3v) is 6.28. The number of fused-ring (bicyclic) bond motifs is 1. The molecule has 0 unspecified atom stereocenters. The number of nitrogens with one attached hydrogen (secondary N) is 1. The lowest BCUT2D eigenvalue weighted by molar-refractivity contribution is -0.134. The molecule has 1 fully saturated rings. The fraction of sp³-hybridized carbons (Fsp3) is 0.409. The van der Waals surface area contributed by atoms with Crippen molar-refractivity contribution in [2.24, 2.45) is 5.73 Å². The molecule has 6 nitrogen and oxygen atoms in total. The summed E-state index contributed by atoms with van der Waals surface area (Å²) in [6.45, 7) is 2.69. The van der Waals surface area contributed by atoms with Gasteiger partial charge in [-0.1, -0.05) is 36.4 Å². The second-order valence-corrected chi connectivity index (χ2v) is 8.00. The van der Waals surface area contributed by atoms with E-state index in [1.165, 1.54) is 5.56 Å². The van der Waals surface area contributed by atoms with Crippen LogP contribution < -0.4 is 16.5 Å². The molecule has 29 heavy (non-hydrogen) atoms. The second kappa shape index (κ2) is 8.57. The SMILES string of the molecule is NCc1cccc(C2CCN(C(=O)[C@H]3CCNc4cccc(B(O)O)c43)CC2)c1. The molecule has 2 aliphatic heterocycles. The third kappa shape index (κ3) is 4.03. The highest BCUT2D eigenvalue weighted by molar-refractivity contribution is 6.59. The lowest BCUT2D eigenvalue weighted by Gasteiger charge is -2.37. The van der Waals surface area contributed by atoms with Crippen LogP contribution in [0.3, 0.4) is 0 Å². The summed E-state index contributed by atoms with van der Waals surface area (Å²) in [5.41, 5.74) is 10.2. The zero-order chi connectivity index (χ0) is 20.4. The molecule has 0 aliphatic carbocycles. The molecule has 0 radical (unpaired) electrons. The zero-order valence-corrected chi connectivity index (χ0v) is 16.6. The quantitative estimate of drug-likeness (QED) is 0.584. The van der Waals surface area contributed by atoms with Crippen molar-refractivity contribution in [3.05, 3.63) is 59.2 Å². The zero-order valence-electron chi connectivity index (χ0n) is 16.6. The van der Waals surface area contributed by atoms with Gasteiger partial charge in [0.25, 0.3) is 0 Å². The Morgan fingerprint density at radius 3 is 2.62 bits per heavy atom. The summed E-state index contributed by atoms with van der Waals surface area (Å²) >= 11 is 0. The molecule has 1 amide bonds. The van der Waals surface area contributed by atoms with E-state index >= 15 is 0 Å². The molecule has 2 aliphatic rings. The van der Waals surface area contributed by atoms with Gasteiger partial charge in [0.15, 0.2) is 0 Å². The van der Waals surface area contributed by atoms with Gasteiger partial charge in [0.05, 0.1) is 5.92 Å². The number of carbonyl (C=O) groups excluding carboxylic acids is 1. The van der Waals surface area contributed by atoms with Crippen molar-refractivity contribution in [1.29, 1.82) is 0 Å². The Hall–Kier alpha value is -2.35. The van der Waals surface area contributed by atoms with E-state index in [1.807, 2.05) is 17.0 Å². The monoisotopic (exact) mass is 393 g/mol. The number of hydrogen-bond acceptors (Lipinski definition) is 5. The fourth-order valence-corrected chi connectivity index (χ4v) is 4.72. The second-order valence-electron chi connectivity index (χ2n) is 8.00. The summed E-state index contributed by atoms with van der Waals surface area (Å²) in [5.74, 6) is 0.206. The number of anilines is 1. The molecular formula is C22H28BN3O3. The topological polar surface area (TPSA) is 98.8 Å². The number of rotatable bonds is 4. The average molecular weight is 393 g/mol. The Morgan fingerprint density at radius 1 is 1.14 bits per heavy atom. The van der Waals surface area contributed by atoms with Crippen molar-refractivity contribution in [1.82, 2.24) is 4.90 Å². The molecule has 7 heteroatoms. The minimum atomic E-state index is -1.58. The first-order valence-corrected chi connectivity index (χ1v) is 10.4. The van der Waals surface area contributed by atoms with Gasteiger partial charge in [0.2, 0.25) is 5.91 Å². The van der Waals surface area contributed by atoms with E-state index in [0.717, 1.165) is 42.7 Å². The van der Waals surface area contributed by atoms with Gasteiger partial charge in [0.1, 0.15) is 0 Å². The lowest BCUT2D eigenvalue weighted by atomic mass is 9.71. The van der Waals surface area contributed by atoms with Crippen molar-refractivity contribution >= 4 is 24.2 Å². The first kappa shape index (κ1) is 19.9. The predicted molar refractivity (Wildman–Crippen MR) is 115 cm³/mol. The number of hydrogen-bond donors (Lipinski definition) is 4. The maximum Gasteiger partial charge on any atom is 0.488 e. The average Bonchev–Trinajstić information content (AvgIpc) is 2.77. The number of nitrogens with zero attached hydrogens (tertiary/aromatic N) is 1. The van der Waals surface area contributed by atoms with Gasteiger partial charge in [-0.2, -0.15) is 0 Å². The Morgan fingerprint density at radius 2 is 1.90 bits per heavy atom. The normalized spacial score (nSPS) is 19.4. The Bertz CT molecular complexity index is 881. The number of likely N-dealkylation sites (tertiary alicyclic amines) is 1. The van der Waals surface area contributed by atoms with Gasteiger partial charge >= 0.3 is 7.12 Å². The van der Waals surface area contributed by atoms with Crippen LogP contribution in [0.1, 0.15) is 47.8 Å². The Kier molecular flexibility index (Phi) is 5.90. The summed E-state index contributed by atoms with van der Waals surface area (Å²) in [5, 5.41) is 22.9. The van der Waals surface area contributed by atoms with Gasteiger partial charge in [-0.15, -0.1) is 0 Å². The number of piperidine rings is 1. The van der Waals surface area contributed by atoms with Crippen LogP contribution >= 0.6 is 0 Å². The molecule has 1 saturated heterocycles. The molecule has 2 aromatic rings. The standard InChI is InChI=1S/C22H28BN3O3/c24-14-15-3-1-4-17(13-15)16-8-11-26(12-9-16)22(27)18-7-10-25-20-6-2-5-19(21(18)20)23(28)29/h1-6,13,16,18,25,28-29H,7-12,14,24H2/t18-/m0/s1. The highest BCUT2D eigenvalue weighted by Crippen LogP contribution is 2.34. The van der Waals surface area contributed by atoms with E-state index in [-0.39, 0.29) is 11.8 Å². The van der Waals surface area contributed by atoms with Crippen LogP contribution in [-0.4, -0.2) is 47.6 Å². The number of carbonyl (C=O) groups is 1. The van der Waals surface area contributed by atoms with Crippen molar-refractivity contribution in [3.8, 4) is 0 Å². The molecule has 0 bridgehead atoms. The van der Waals surface area contributed by atoms with E-state index in [2.05, 4.69) is 23.5 Å². The van der Waals surface area contributed by atoms with Crippen molar-refractivity contribution in [2.75, 3.05) is 25.0 Å². The van der Waals surface area contributed by atoms with E-state index in [1.54, 1.807) is 12.1 Å². The number of benzene rings is 2. The van der Waals surface area contributed by atoms with E-state index in [0.29, 0.717) is 30.9 Å². The van der Waals surface area contributed by atoms with Gasteiger partial charge in [0, 0.05) is 31.9 Å². The summed E-state index contributed by atoms with van der Waals surface area (Å²) in [4.78, 5) is 15.3. The third-order valence-electron chi connectivity index (χ3n) is 6.28. The maximum atomic E-state index is 13.4. The van der Waals surface area contributed by atoms with Crippen LogP contribution in [0, 0.1) is 0 Å². The highest BCUT2D eigenvalue weighted by atomic mass is 16.4. The van der Waals surface area contributed by atoms with E-state index in [9.17, 15) is 14.8 Å². The van der Waals surface area contributed by atoms with Crippen LogP contribution in [0.2, 0.25) is 0 Å². The van der Waals surface area contributed by atoms with Crippen molar-refractivity contribution in [3.63, 3.8) is 0 Å².